The zero-order chi connectivity index (χ0) is 19.9. The highest BCUT2D eigenvalue weighted by molar-refractivity contribution is 5.78. The average molecular weight is 385 g/mol. The van der Waals surface area contributed by atoms with E-state index in [0.29, 0.717) is 12.2 Å². The summed E-state index contributed by atoms with van der Waals surface area (Å²) < 4.78 is 1.59. The Kier molecular flexibility index (Phi) is 7.20. The minimum Gasteiger partial charge on any atom is -0.356 e. The molecule has 3 rings (SSSR count). The summed E-state index contributed by atoms with van der Waals surface area (Å²) in [5, 5.41) is 3.10. The number of unbranched alkanes of at least 4 members (excludes halogenated alkanes) is 3. The number of aryl methyl sites for hydroxylation is 1. The van der Waals surface area contributed by atoms with Crippen LogP contribution < -0.4 is 10.9 Å². The molecule has 1 N–H and O–H groups in total. The number of amides is 1. The number of hydrogen-bond acceptors (Lipinski definition) is 4. The third-order valence-electron chi connectivity index (χ3n) is 5.45. The molecule has 152 valence electrons. The van der Waals surface area contributed by atoms with Crippen molar-refractivity contribution in [2.24, 2.45) is 5.92 Å². The Balaban J connectivity index is 1.57. The minimum absolute atomic E-state index is 0.0316. The Morgan fingerprint density at radius 2 is 2.14 bits per heavy atom. The van der Waals surface area contributed by atoms with Gasteiger partial charge in [0.2, 0.25) is 5.91 Å². The standard InChI is InChI=1S/C22H32N4O2/c1-3-4-5-6-11-23-22(28)18-8-7-12-25(15-18)16-19-13-21(27)26-14-17(2)9-10-20(26)24-19/h9-10,13-14,18H,3-8,11-12,15-16H2,1-2H3,(H,23,28). The van der Waals surface area contributed by atoms with E-state index >= 15 is 0 Å². The molecular formula is C22H32N4O2. The van der Waals surface area contributed by atoms with Gasteiger partial charge in [-0.05, 0) is 44.4 Å². The van der Waals surface area contributed by atoms with Gasteiger partial charge in [0.1, 0.15) is 5.65 Å². The second kappa shape index (κ2) is 9.82. The van der Waals surface area contributed by atoms with E-state index in [2.05, 4.69) is 22.1 Å². The Hall–Kier alpha value is -2.21. The summed E-state index contributed by atoms with van der Waals surface area (Å²) in [5.74, 6) is 0.201. The predicted molar refractivity (Wildman–Crippen MR) is 111 cm³/mol. The van der Waals surface area contributed by atoms with Crippen LogP contribution in [0.5, 0.6) is 0 Å². The van der Waals surface area contributed by atoms with Gasteiger partial charge in [0.15, 0.2) is 0 Å². The molecule has 0 radical (unpaired) electrons. The summed E-state index contributed by atoms with van der Waals surface area (Å²) in [6.07, 6.45) is 8.42. The van der Waals surface area contributed by atoms with Crippen LogP contribution in [0.4, 0.5) is 0 Å². The molecule has 2 aromatic heterocycles. The Labute approximate surface area is 167 Å². The molecule has 0 bridgehead atoms. The lowest BCUT2D eigenvalue weighted by atomic mass is 9.97. The van der Waals surface area contributed by atoms with E-state index in [-0.39, 0.29) is 17.4 Å². The van der Waals surface area contributed by atoms with E-state index in [4.69, 9.17) is 0 Å². The van der Waals surface area contributed by atoms with Crippen LogP contribution in [0, 0.1) is 12.8 Å². The molecule has 3 heterocycles. The molecular weight excluding hydrogens is 352 g/mol. The molecule has 1 fully saturated rings. The van der Waals surface area contributed by atoms with Crippen molar-refractivity contribution in [1.82, 2.24) is 19.6 Å². The highest BCUT2D eigenvalue weighted by atomic mass is 16.2. The van der Waals surface area contributed by atoms with Crippen LogP contribution in [0.25, 0.3) is 5.65 Å². The van der Waals surface area contributed by atoms with E-state index in [1.807, 2.05) is 25.3 Å². The quantitative estimate of drug-likeness (QED) is 0.711. The SMILES string of the molecule is CCCCCCNC(=O)C1CCCN(Cc2cc(=O)n3cc(C)ccc3n2)C1. The number of likely N-dealkylation sites (tertiary alicyclic amines) is 1. The van der Waals surface area contributed by atoms with E-state index in [1.54, 1.807) is 10.5 Å². The fraction of sp³-hybridized carbons (Fsp3) is 0.591. The maximum atomic E-state index is 12.5. The molecule has 1 atom stereocenters. The highest BCUT2D eigenvalue weighted by Crippen LogP contribution is 2.18. The van der Waals surface area contributed by atoms with Crippen molar-refractivity contribution in [3.8, 4) is 0 Å². The Morgan fingerprint density at radius 1 is 1.29 bits per heavy atom. The second-order valence-electron chi connectivity index (χ2n) is 7.95. The molecule has 0 spiro atoms. The minimum atomic E-state index is -0.0536. The molecule has 6 nitrogen and oxygen atoms in total. The van der Waals surface area contributed by atoms with Gasteiger partial charge in [-0.3, -0.25) is 18.9 Å². The van der Waals surface area contributed by atoms with Crippen molar-refractivity contribution >= 4 is 11.6 Å². The van der Waals surface area contributed by atoms with Crippen molar-refractivity contribution in [1.29, 1.82) is 0 Å². The van der Waals surface area contributed by atoms with Crippen LogP contribution in [0.3, 0.4) is 0 Å². The largest absolute Gasteiger partial charge is 0.356 e. The van der Waals surface area contributed by atoms with Crippen molar-refractivity contribution in [2.45, 2.75) is 58.9 Å². The summed E-state index contributed by atoms with van der Waals surface area (Å²) in [6, 6.07) is 5.46. The van der Waals surface area contributed by atoms with Crippen LogP contribution in [-0.2, 0) is 11.3 Å². The normalized spacial score (nSPS) is 17.7. The van der Waals surface area contributed by atoms with Gasteiger partial charge in [-0.2, -0.15) is 0 Å². The van der Waals surface area contributed by atoms with Gasteiger partial charge in [0, 0.05) is 31.9 Å². The number of carbonyl (C=O) groups is 1. The summed E-state index contributed by atoms with van der Waals surface area (Å²) in [7, 11) is 0. The van der Waals surface area contributed by atoms with Gasteiger partial charge in [-0.25, -0.2) is 4.98 Å². The Bertz CT molecular complexity index is 861. The van der Waals surface area contributed by atoms with Crippen LogP contribution in [-0.4, -0.2) is 39.8 Å². The number of rotatable bonds is 8. The van der Waals surface area contributed by atoms with Crippen LogP contribution in [0.1, 0.15) is 56.7 Å². The maximum Gasteiger partial charge on any atom is 0.258 e. The number of hydrogen-bond donors (Lipinski definition) is 1. The van der Waals surface area contributed by atoms with Crippen LogP contribution >= 0.6 is 0 Å². The molecule has 0 saturated carbocycles. The van der Waals surface area contributed by atoms with Crippen molar-refractivity contribution in [2.75, 3.05) is 19.6 Å². The van der Waals surface area contributed by atoms with E-state index in [1.165, 1.54) is 19.3 Å². The number of piperidine rings is 1. The monoisotopic (exact) mass is 384 g/mol. The van der Waals surface area contributed by atoms with Gasteiger partial charge in [0.05, 0.1) is 11.6 Å². The fourth-order valence-corrected chi connectivity index (χ4v) is 3.89. The smallest absolute Gasteiger partial charge is 0.258 e. The first-order chi connectivity index (χ1) is 13.6. The maximum absolute atomic E-state index is 12.5. The molecule has 1 aliphatic heterocycles. The lowest BCUT2D eigenvalue weighted by Crippen LogP contribution is -2.43. The lowest BCUT2D eigenvalue weighted by Gasteiger charge is -2.31. The van der Waals surface area contributed by atoms with Gasteiger partial charge < -0.3 is 5.32 Å². The third-order valence-corrected chi connectivity index (χ3v) is 5.45. The summed E-state index contributed by atoms with van der Waals surface area (Å²) >= 11 is 0. The van der Waals surface area contributed by atoms with Gasteiger partial charge in [-0.15, -0.1) is 0 Å². The average Bonchev–Trinajstić information content (AvgIpc) is 2.68. The topological polar surface area (TPSA) is 66.7 Å². The zero-order valence-electron chi connectivity index (χ0n) is 17.1. The molecule has 0 aliphatic carbocycles. The van der Waals surface area contributed by atoms with E-state index in [0.717, 1.165) is 50.2 Å². The molecule has 6 heteroatoms. The third kappa shape index (κ3) is 5.41. The van der Waals surface area contributed by atoms with Crippen LogP contribution in [0.2, 0.25) is 0 Å². The van der Waals surface area contributed by atoms with E-state index in [9.17, 15) is 9.59 Å². The predicted octanol–water partition coefficient (Wildman–Crippen LogP) is 2.91. The number of nitrogens with one attached hydrogen (secondary N) is 1. The van der Waals surface area contributed by atoms with Gasteiger partial charge >= 0.3 is 0 Å². The zero-order valence-corrected chi connectivity index (χ0v) is 17.1. The molecule has 28 heavy (non-hydrogen) atoms. The first-order valence-electron chi connectivity index (χ1n) is 10.6. The molecule has 1 aliphatic rings. The molecule has 2 aromatic rings. The first-order valence-corrected chi connectivity index (χ1v) is 10.6. The van der Waals surface area contributed by atoms with Crippen molar-refractivity contribution < 1.29 is 4.79 Å². The molecule has 1 unspecified atom stereocenters. The Morgan fingerprint density at radius 3 is 2.96 bits per heavy atom. The van der Waals surface area contributed by atoms with Crippen LogP contribution in [0.15, 0.2) is 29.2 Å². The lowest BCUT2D eigenvalue weighted by molar-refractivity contribution is -0.126. The van der Waals surface area contributed by atoms with Crippen molar-refractivity contribution in [3.05, 3.63) is 46.0 Å². The number of carbonyl (C=O) groups excluding carboxylic acids is 1. The summed E-state index contributed by atoms with van der Waals surface area (Å²) in [4.78, 5) is 31.8. The summed E-state index contributed by atoms with van der Waals surface area (Å²) in [5.41, 5.74) is 2.42. The highest BCUT2D eigenvalue weighted by Gasteiger charge is 2.25. The fourth-order valence-electron chi connectivity index (χ4n) is 3.89. The van der Waals surface area contributed by atoms with E-state index < -0.39 is 0 Å². The number of aromatic nitrogens is 2. The van der Waals surface area contributed by atoms with Gasteiger partial charge in [-0.1, -0.05) is 32.3 Å². The second-order valence-corrected chi connectivity index (χ2v) is 7.95. The first kappa shape index (κ1) is 20.5. The summed E-state index contributed by atoms with van der Waals surface area (Å²) in [6.45, 7) is 7.21. The number of fused-ring (bicyclic) bond motifs is 1. The van der Waals surface area contributed by atoms with Crippen molar-refractivity contribution in [3.63, 3.8) is 0 Å². The molecule has 0 aromatic carbocycles. The molecule has 1 saturated heterocycles. The number of nitrogens with zero attached hydrogens (tertiary/aromatic N) is 3. The molecule has 1 amide bonds. The number of pyridine rings is 1. The van der Waals surface area contributed by atoms with Gasteiger partial charge in [0.25, 0.3) is 5.56 Å².